The molecule has 3 N–H and O–H groups in total. The van der Waals surface area contributed by atoms with E-state index in [1.54, 1.807) is 17.5 Å². The highest BCUT2D eigenvalue weighted by Crippen LogP contribution is 2.48. The Bertz CT molecular complexity index is 842. The molecule has 4 rings (SSSR count). The summed E-state index contributed by atoms with van der Waals surface area (Å²) in [6.07, 6.45) is 7.78. The quantitative estimate of drug-likeness (QED) is 0.795. The summed E-state index contributed by atoms with van der Waals surface area (Å²) in [5, 5.41) is 14.0. The molecule has 2 aromatic rings. The monoisotopic (exact) mass is 339 g/mol. The van der Waals surface area contributed by atoms with Crippen molar-refractivity contribution >= 4 is 28.6 Å². The van der Waals surface area contributed by atoms with Crippen LogP contribution in [0.25, 0.3) is 16.1 Å². The average Bonchev–Trinajstić information content (AvgIpc) is 3.14. The van der Waals surface area contributed by atoms with Gasteiger partial charge in [0, 0.05) is 16.1 Å². The molecule has 124 valence electrons. The van der Waals surface area contributed by atoms with Crippen molar-refractivity contribution in [2.75, 3.05) is 0 Å². The lowest BCUT2D eigenvalue weighted by molar-refractivity contribution is 0.696. The van der Waals surface area contributed by atoms with Crippen molar-refractivity contribution in [3.63, 3.8) is 0 Å². The predicted octanol–water partition coefficient (Wildman–Crippen LogP) is 3.74. The maximum Gasteiger partial charge on any atom is 0.129 e. The van der Waals surface area contributed by atoms with Crippen molar-refractivity contribution < 1.29 is 0 Å². The molecular weight excluding hydrogens is 318 g/mol. The van der Waals surface area contributed by atoms with Crippen LogP contribution in [0, 0.1) is 0 Å². The molecule has 0 saturated carbocycles. The SMILES string of the molecule is C=CNC(CC)C1=Nc2c(sc3c2CCCc2[nH]ncc2-3)C(=C)N1. The van der Waals surface area contributed by atoms with Gasteiger partial charge < -0.3 is 10.6 Å². The fourth-order valence-electron chi connectivity index (χ4n) is 3.43. The average molecular weight is 339 g/mol. The molecule has 0 spiro atoms. The number of hydrogen-bond donors (Lipinski definition) is 3. The molecule has 3 heterocycles. The van der Waals surface area contributed by atoms with Gasteiger partial charge in [0.25, 0.3) is 0 Å². The number of amidine groups is 1. The van der Waals surface area contributed by atoms with Crippen molar-refractivity contribution in [2.45, 2.75) is 38.6 Å². The first kappa shape index (κ1) is 15.2. The zero-order valence-corrected chi connectivity index (χ0v) is 14.6. The minimum atomic E-state index is 0.123. The zero-order chi connectivity index (χ0) is 16.7. The summed E-state index contributed by atoms with van der Waals surface area (Å²) < 4.78 is 0. The van der Waals surface area contributed by atoms with Crippen LogP contribution in [0.3, 0.4) is 0 Å². The van der Waals surface area contributed by atoms with Gasteiger partial charge in [0.1, 0.15) is 5.84 Å². The van der Waals surface area contributed by atoms with E-state index in [0.29, 0.717) is 0 Å². The third-order valence-corrected chi connectivity index (χ3v) is 5.95. The smallest absolute Gasteiger partial charge is 0.129 e. The Hall–Kier alpha value is -2.34. The number of aliphatic imine (C=N–C) groups is 1. The van der Waals surface area contributed by atoms with Gasteiger partial charge in [-0.1, -0.05) is 20.1 Å². The highest BCUT2D eigenvalue weighted by molar-refractivity contribution is 7.17. The van der Waals surface area contributed by atoms with Gasteiger partial charge in [0.15, 0.2) is 0 Å². The molecular formula is C18H21N5S. The van der Waals surface area contributed by atoms with Gasteiger partial charge in [-0.15, -0.1) is 11.3 Å². The van der Waals surface area contributed by atoms with Crippen LogP contribution in [0.15, 0.2) is 30.5 Å². The zero-order valence-electron chi connectivity index (χ0n) is 13.8. The maximum absolute atomic E-state index is 4.97. The lowest BCUT2D eigenvalue weighted by atomic mass is 10.1. The van der Waals surface area contributed by atoms with E-state index in [2.05, 4.69) is 40.9 Å². The summed E-state index contributed by atoms with van der Waals surface area (Å²) in [6, 6.07) is 0.123. The van der Waals surface area contributed by atoms with Crippen LogP contribution in [0.5, 0.6) is 0 Å². The third-order valence-electron chi connectivity index (χ3n) is 4.64. The molecule has 1 aliphatic heterocycles. The van der Waals surface area contributed by atoms with Crippen LogP contribution in [0.2, 0.25) is 0 Å². The second-order valence-corrected chi connectivity index (χ2v) is 7.16. The number of aryl methyl sites for hydroxylation is 1. The lowest BCUT2D eigenvalue weighted by Gasteiger charge is -2.24. The number of hydrogen-bond acceptors (Lipinski definition) is 5. The molecule has 0 bridgehead atoms. The Morgan fingerprint density at radius 1 is 1.42 bits per heavy atom. The number of aromatic amines is 1. The molecule has 2 aromatic heterocycles. The number of aromatic nitrogens is 2. The summed E-state index contributed by atoms with van der Waals surface area (Å²) in [4.78, 5) is 7.41. The summed E-state index contributed by atoms with van der Waals surface area (Å²) >= 11 is 1.77. The molecule has 24 heavy (non-hydrogen) atoms. The fourth-order valence-corrected chi connectivity index (χ4v) is 4.68. The van der Waals surface area contributed by atoms with Crippen LogP contribution >= 0.6 is 11.3 Å². The van der Waals surface area contributed by atoms with E-state index < -0.39 is 0 Å². The first-order valence-corrected chi connectivity index (χ1v) is 9.14. The Morgan fingerprint density at radius 3 is 3.08 bits per heavy atom. The number of nitrogens with one attached hydrogen (secondary N) is 3. The van der Waals surface area contributed by atoms with E-state index in [1.807, 2.05) is 6.20 Å². The van der Waals surface area contributed by atoms with Crippen molar-refractivity contribution in [1.82, 2.24) is 20.8 Å². The van der Waals surface area contributed by atoms with Crippen LogP contribution in [0.1, 0.15) is 35.9 Å². The Balaban J connectivity index is 1.85. The molecule has 0 amide bonds. The van der Waals surface area contributed by atoms with Gasteiger partial charge in [-0.3, -0.25) is 5.10 Å². The second-order valence-electron chi connectivity index (χ2n) is 6.14. The van der Waals surface area contributed by atoms with E-state index in [-0.39, 0.29) is 6.04 Å². The second kappa shape index (κ2) is 5.94. The number of rotatable bonds is 4. The highest BCUT2D eigenvalue weighted by Gasteiger charge is 2.29. The van der Waals surface area contributed by atoms with Gasteiger partial charge in [-0.2, -0.15) is 5.10 Å². The Morgan fingerprint density at radius 2 is 2.29 bits per heavy atom. The highest BCUT2D eigenvalue weighted by atomic mass is 32.1. The van der Waals surface area contributed by atoms with Gasteiger partial charge in [0.05, 0.1) is 28.5 Å². The van der Waals surface area contributed by atoms with Gasteiger partial charge >= 0.3 is 0 Å². The third kappa shape index (κ3) is 2.29. The summed E-state index contributed by atoms with van der Waals surface area (Å²) in [6.45, 7) is 10.1. The van der Waals surface area contributed by atoms with Crippen LogP contribution in [-0.2, 0) is 12.8 Å². The number of nitrogens with zero attached hydrogens (tertiary/aromatic N) is 2. The lowest BCUT2D eigenvalue weighted by Crippen LogP contribution is -2.41. The van der Waals surface area contributed by atoms with E-state index in [4.69, 9.17) is 4.99 Å². The molecule has 1 aliphatic carbocycles. The molecule has 0 radical (unpaired) electrons. The summed E-state index contributed by atoms with van der Waals surface area (Å²) in [5.74, 6) is 0.923. The number of fused-ring (bicyclic) bond motifs is 5. The van der Waals surface area contributed by atoms with Crippen molar-refractivity contribution in [3.8, 4) is 10.4 Å². The minimum absolute atomic E-state index is 0.123. The first-order chi connectivity index (χ1) is 11.7. The molecule has 0 fully saturated rings. The van der Waals surface area contributed by atoms with E-state index >= 15 is 0 Å². The first-order valence-electron chi connectivity index (χ1n) is 8.33. The van der Waals surface area contributed by atoms with Crippen molar-refractivity contribution in [2.24, 2.45) is 4.99 Å². The molecule has 6 heteroatoms. The summed E-state index contributed by atoms with van der Waals surface area (Å²) in [7, 11) is 0. The van der Waals surface area contributed by atoms with Crippen LogP contribution in [0.4, 0.5) is 5.69 Å². The Kier molecular flexibility index (Phi) is 3.76. The Labute approximate surface area is 145 Å². The van der Waals surface area contributed by atoms with Crippen LogP contribution in [-0.4, -0.2) is 22.1 Å². The van der Waals surface area contributed by atoms with E-state index in [1.165, 1.54) is 21.7 Å². The van der Waals surface area contributed by atoms with Gasteiger partial charge in [-0.25, -0.2) is 4.99 Å². The largest absolute Gasteiger partial charge is 0.382 e. The van der Waals surface area contributed by atoms with Crippen molar-refractivity contribution in [3.05, 3.63) is 41.7 Å². The van der Waals surface area contributed by atoms with E-state index in [0.717, 1.165) is 47.8 Å². The van der Waals surface area contributed by atoms with Crippen LogP contribution < -0.4 is 10.6 Å². The normalized spacial score (nSPS) is 16.9. The number of thiophene rings is 1. The summed E-state index contributed by atoms with van der Waals surface area (Å²) in [5.41, 5.74) is 5.82. The van der Waals surface area contributed by atoms with Gasteiger partial charge in [0.2, 0.25) is 0 Å². The predicted molar refractivity (Wildman–Crippen MR) is 101 cm³/mol. The molecule has 5 nitrogen and oxygen atoms in total. The standard InChI is InChI=1S/C18H21N5S/c1-4-13(19-5-2)18-21-10(3)16-15(22-18)11-7-6-8-14-12(9-20-23-14)17(11)24-16/h5,9,13,19H,2-4,6-8H2,1H3,(H,20,23)(H,21,22). The molecule has 1 atom stereocenters. The molecule has 0 aromatic carbocycles. The minimum Gasteiger partial charge on any atom is -0.382 e. The molecule has 2 aliphatic rings. The molecule has 1 unspecified atom stereocenters. The fraction of sp³-hybridized carbons (Fsp3) is 0.333. The van der Waals surface area contributed by atoms with Crippen molar-refractivity contribution in [1.29, 1.82) is 0 Å². The maximum atomic E-state index is 4.97. The van der Waals surface area contributed by atoms with Gasteiger partial charge in [-0.05, 0) is 37.4 Å². The van der Waals surface area contributed by atoms with E-state index in [9.17, 15) is 0 Å². The topological polar surface area (TPSA) is 65.1 Å². The number of H-pyrrole nitrogens is 1. The molecule has 0 saturated heterocycles.